The molecule has 0 bridgehead atoms. The van der Waals surface area contributed by atoms with Crippen molar-refractivity contribution in [2.24, 2.45) is 11.3 Å². The van der Waals surface area contributed by atoms with Gasteiger partial charge >= 0.3 is 0 Å². The number of aliphatic hydroxyl groups excluding tert-OH is 1. The number of rotatable bonds is 4. The summed E-state index contributed by atoms with van der Waals surface area (Å²) in [5.41, 5.74) is -0.165. The molecule has 0 radical (unpaired) electrons. The summed E-state index contributed by atoms with van der Waals surface area (Å²) in [5.74, 6) is 0.213. The molecule has 2 N–H and O–H groups in total. The second kappa shape index (κ2) is 4.52. The highest BCUT2D eigenvalue weighted by molar-refractivity contribution is 5.78. The Balaban J connectivity index is 2.40. The molecule has 0 saturated heterocycles. The van der Waals surface area contributed by atoms with Gasteiger partial charge in [-0.3, -0.25) is 4.79 Å². The van der Waals surface area contributed by atoms with E-state index in [9.17, 15) is 9.90 Å². The van der Waals surface area contributed by atoms with Gasteiger partial charge in [-0.15, -0.1) is 0 Å². The van der Waals surface area contributed by atoms with Gasteiger partial charge in [-0.05, 0) is 12.8 Å². The van der Waals surface area contributed by atoms with E-state index in [0.29, 0.717) is 6.42 Å². The Morgan fingerprint density at radius 1 is 1.60 bits per heavy atom. The summed E-state index contributed by atoms with van der Waals surface area (Å²) in [5, 5.41) is 12.6. The van der Waals surface area contributed by atoms with Crippen LogP contribution < -0.4 is 5.32 Å². The number of aliphatic hydroxyl groups is 1. The molecule has 3 atom stereocenters. The highest BCUT2D eigenvalue weighted by Crippen LogP contribution is 2.40. The van der Waals surface area contributed by atoms with Crippen LogP contribution >= 0.6 is 0 Å². The molecule has 1 fully saturated rings. The van der Waals surface area contributed by atoms with E-state index < -0.39 is 0 Å². The van der Waals surface area contributed by atoms with Gasteiger partial charge in [-0.1, -0.05) is 34.1 Å². The van der Waals surface area contributed by atoms with Crippen molar-refractivity contribution in [1.82, 2.24) is 5.32 Å². The van der Waals surface area contributed by atoms with Gasteiger partial charge in [0.25, 0.3) is 0 Å². The molecule has 88 valence electrons. The topological polar surface area (TPSA) is 49.3 Å². The smallest absolute Gasteiger partial charge is 0.223 e. The number of carbonyl (C=O) groups is 1. The molecule has 0 spiro atoms. The second-order valence-electron chi connectivity index (χ2n) is 5.32. The fourth-order valence-electron chi connectivity index (χ4n) is 2.03. The van der Waals surface area contributed by atoms with Crippen LogP contribution in [0.25, 0.3) is 0 Å². The maximum atomic E-state index is 11.7. The number of hydrogen-bond donors (Lipinski definition) is 2. The summed E-state index contributed by atoms with van der Waals surface area (Å²) in [4.78, 5) is 11.7. The van der Waals surface area contributed by atoms with Crippen LogP contribution in [0.2, 0.25) is 0 Å². The van der Waals surface area contributed by atoms with E-state index in [1.807, 2.05) is 20.8 Å². The summed E-state index contributed by atoms with van der Waals surface area (Å²) >= 11 is 0. The van der Waals surface area contributed by atoms with E-state index in [2.05, 4.69) is 12.2 Å². The SMILES string of the molecule is CCCC(C)C(=O)NC1CC(O)C1(C)C. The lowest BCUT2D eigenvalue weighted by Gasteiger charge is -2.49. The van der Waals surface area contributed by atoms with E-state index in [-0.39, 0.29) is 29.4 Å². The average Bonchev–Trinajstić information content (AvgIpc) is 2.17. The van der Waals surface area contributed by atoms with Gasteiger partial charge in [-0.2, -0.15) is 0 Å². The third-order valence-corrected chi connectivity index (χ3v) is 3.70. The van der Waals surface area contributed by atoms with Crippen molar-refractivity contribution in [3.05, 3.63) is 0 Å². The Bertz CT molecular complexity index is 238. The number of carbonyl (C=O) groups excluding carboxylic acids is 1. The van der Waals surface area contributed by atoms with Gasteiger partial charge in [0.1, 0.15) is 0 Å². The summed E-state index contributed by atoms with van der Waals surface area (Å²) < 4.78 is 0. The van der Waals surface area contributed by atoms with Crippen molar-refractivity contribution in [3.8, 4) is 0 Å². The fourth-order valence-corrected chi connectivity index (χ4v) is 2.03. The lowest BCUT2D eigenvalue weighted by atomic mass is 9.64. The first kappa shape index (κ1) is 12.5. The highest BCUT2D eigenvalue weighted by atomic mass is 16.3. The predicted octanol–water partition coefficient (Wildman–Crippen LogP) is 1.70. The first-order chi connectivity index (χ1) is 6.89. The van der Waals surface area contributed by atoms with E-state index in [1.54, 1.807) is 0 Å². The summed E-state index contributed by atoms with van der Waals surface area (Å²) in [6.45, 7) is 8.04. The lowest BCUT2D eigenvalue weighted by Crippen LogP contribution is -2.61. The molecule has 0 aromatic rings. The standard InChI is InChI=1S/C12H23NO2/c1-5-6-8(2)11(15)13-9-7-10(14)12(9,3)4/h8-10,14H,5-7H2,1-4H3,(H,13,15). The molecule has 0 aromatic carbocycles. The third kappa shape index (κ3) is 2.51. The number of amides is 1. The molecular formula is C12H23NO2. The fraction of sp³-hybridized carbons (Fsp3) is 0.917. The third-order valence-electron chi connectivity index (χ3n) is 3.70. The summed E-state index contributed by atoms with van der Waals surface area (Å²) in [6.07, 6.45) is 2.38. The van der Waals surface area contributed by atoms with Gasteiger partial charge in [0.2, 0.25) is 5.91 Å². The van der Waals surface area contributed by atoms with Crippen LogP contribution in [0.15, 0.2) is 0 Å². The van der Waals surface area contributed by atoms with E-state index >= 15 is 0 Å². The van der Waals surface area contributed by atoms with Gasteiger partial charge in [0.05, 0.1) is 6.10 Å². The molecule has 3 nitrogen and oxygen atoms in total. The Morgan fingerprint density at radius 3 is 2.60 bits per heavy atom. The predicted molar refractivity (Wildman–Crippen MR) is 60.4 cm³/mol. The molecule has 0 aromatic heterocycles. The maximum Gasteiger partial charge on any atom is 0.223 e. The zero-order valence-electron chi connectivity index (χ0n) is 10.2. The first-order valence-corrected chi connectivity index (χ1v) is 5.88. The van der Waals surface area contributed by atoms with Crippen molar-refractivity contribution < 1.29 is 9.90 Å². The Kier molecular flexibility index (Phi) is 3.77. The molecule has 1 saturated carbocycles. The molecule has 1 rings (SSSR count). The summed E-state index contributed by atoms with van der Waals surface area (Å²) in [6, 6.07) is 0.138. The first-order valence-electron chi connectivity index (χ1n) is 5.88. The summed E-state index contributed by atoms with van der Waals surface area (Å²) in [7, 11) is 0. The average molecular weight is 213 g/mol. The van der Waals surface area contributed by atoms with Crippen LogP contribution in [0.5, 0.6) is 0 Å². The lowest BCUT2D eigenvalue weighted by molar-refractivity contribution is -0.132. The van der Waals surface area contributed by atoms with Crippen LogP contribution in [0.4, 0.5) is 0 Å². The van der Waals surface area contributed by atoms with E-state index in [1.165, 1.54) is 0 Å². The van der Waals surface area contributed by atoms with Crippen molar-refractivity contribution in [2.45, 2.75) is 59.1 Å². The van der Waals surface area contributed by atoms with Crippen LogP contribution in [0.3, 0.4) is 0 Å². The minimum atomic E-state index is -0.274. The minimum absolute atomic E-state index is 0.0866. The maximum absolute atomic E-state index is 11.7. The van der Waals surface area contributed by atoms with E-state index in [4.69, 9.17) is 0 Å². The number of hydrogen-bond acceptors (Lipinski definition) is 2. The van der Waals surface area contributed by atoms with Gasteiger partial charge in [0, 0.05) is 17.4 Å². The normalized spacial score (nSPS) is 30.5. The molecule has 1 aliphatic carbocycles. The van der Waals surface area contributed by atoms with E-state index in [0.717, 1.165) is 12.8 Å². The molecule has 1 amide bonds. The number of nitrogens with one attached hydrogen (secondary N) is 1. The molecule has 0 heterocycles. The highest BCUT2D eigenvalue weighted by Gasteiger charge is 2.48. The zero-order chi connectivity index (χ0) is 11.6. The Hall–Kier alpha value is -0.570. The van der Waals surface area contributed by atoms with Crippen LogP contribution in [-0.4, -0.2) is 23.2 Å². The van der Waals surface area contributed by atoms with Crippen LogP contribution in [-0.2, 0) is 4.79 Å². The zero-order valence-corrected chi connectivity index (χ0v) is 10.2. The second-order valence-corrected chi connectivity index (χ2v) is 5.32. The Morgan fingerprint density at radius 2 is 2.20 bits per heavy atom. The van der Waals surface area contributed by atoms with Crippen molar-refractivity contribution in [3.63, 3.8) is 0 Å². The van der Waals surface area contributed by atoms with Gasteiger partial charge in [-0.25, -0.2) is 0 Å². The molecule has 3 unspecified atom stereocenters. The quantitative estimate of drug-likeness (QED) is 0.746. The Labute approximate surface area is 92.3 Å². The van der Waals surface area contributed by atoms with Crippen LogP contribution in [0, 0.1) is 11.3 Å². The minimum Gasteiger partial charge on any atom is -0.392 e. The van der Waals surface area contributed by atoms with Crippen molar-refractivity contribution in [1.29, 1.82) is 0 Å². The van der Waals surface area contributed by atoms with Gasteiger partial charge in [0.15, 0.2) is 0 Å². The molecular weight excluding hydrogens is 190 g/mol. The van der Waals surface area contributed by atoms with Crippen molar-refractivity contribution >= 4 is 5.91 Å². The molecule has 1 aliphatic rings. The molecule has 15 heavy (non-hydrogen) atoms. The van der Waals surface area contributed by atoms with Crippen molar-refractivity contribution in [2.75, 3.05) is 0 Å². The largest absolute Gasteiger partial charge is 0.392 e. The van der Waals surface area contributed by atoms with Gasteiger partial charge < -0.3 is 10.4 Å². The monoisotopic (exact) mass is 213 g/mol. The van der Waals surface area contributed by atoms with Crippen LogP contribution in [0.1, 0.15) is 47.0 Å². The molecule has 3 heteroatoms. The molecule has 0 aliphatic heterocycles.